The first-order chi connectivity index (χ1) is 16.3. The molecule has 3 N–H and O–H groups in total. The molecule has 1 amide bonds. The third-order valence-electron chi connectivity index (χ3n) is 5.20. The molecule has 0 saturated carbocycles. The number of amides is 1. The van der Waals surface area contributed by atoms with E-state index in [0.29, 0.717) is 0 Å². The Hall–Kier alpha value is -4.04. The van der Waals surface area contributed by atoms with Crippen molar-refractivity contribution in [2.24, 2.45) is 0 Å². The van der Waals surface area contributed by atoms with E-state index in [9.17, 15) is 29.0 Å². The van der Waals surface area contributed by atoms with Crippen LogP contribution in [0.5, 0.6) is 0 Å². The molecule has 0 heterocycles. The van der Waals surface area contributed by atoms with Gasteiger partial charge in [0, 0.05) is 11.1 Å². The zero-order valence-electron chi connectivity index (χ0n) is 18.4. The number of hydrogen-bond acceptors (Lipinski definition) is 5. The molecule has 0 aliphatic carbocycles. The highest BCUT2D eigenvalue weighted by Crippen LogP contribution is 2.27. The number of rotatable bonds is 9. The van der Waals surface area contributed by atoms with Crippen molar-refractivity contribution in [1.82, 2.24) is 5.32 Å². The van der Waals surface area contributed by atoms with Gasteiger partial charge in [-0.15, -0.1) is 0 Å². The fraction of sp³-hybridized carbons (Fsp3) is 0.192. The Bertz CT molecular complexity index is 1180. The van der Waals surface area contributed by atoms with Crippen molar-refractivity contribution >= 4 is 17.8 Å². The lowest BCUT2D eigenvalue weighted by molar-refractivity contribution is -0.154. The summed E-state index contributed by atoms with van der Waals surface area (Å²) in [7, 11) is 0. The topological polar surface area (TPSA) is 113 Å². The summed E-state index contributed by atoms with van der Waals surface area (Å²) in [5.74, 6) is -3.47. The maximum absolute atomic E-state index is 14.6. The number of halogens is 1. The fourth-order valence-electron chi connectivity index (χ4n) is 3.53. The number of nitrogens with one attached hydrogen (secondary N) is 1. The second-order valence-electron chi connectivity index (χ2n) is 7.51. The van der Waals surface area contributed by atoms with E-state index in [1.165, 1.54) is 30.3 Å². The Morgan fingerprint density at radius 3 is 2.32 bits per heavy atom. The number of aliphatic hydroxyl groups is 1. The minimum atomic E-state index is -1.63. The number of carbonyl (C=O) groups is 3. The number of carboxylic acid groups (broad SMARTS) is 1. The van der Waals surface area contributed by atoms with Gasteiger partial charge in [-0.05, 0) is 48.7 Å². The highest BCUT2D eigenvalue weighted by molar-refractivity contribution is 5.99. The molecule has 0 radical (unpaired) electrons. The van der Waals surface area contributed by atoms with E-state index < -0.39 is 35.8 Å². The van der Waals surface area contributed by atoms with Crippen LogP contribution in [0.3, 0.4) is 0 Å². The molecule has 0 fully saturated rings. The van der Waals surface area contributed by atoms with Crippen LogP contribution in [-0.2, 0) is 16.0 Å². The second kappa shape index (κ2) is 11.2. The Morgan fingerprint density at radius 2 is 1.65 bits per heavy atom. The Kier molecular flexibility index (Phi) is 8.10. The van der Waals surface area contributed by atoms with Crippen LogP contribution in [0.4, 0.5) is 4.39 Å². The number of hydrogen-bond donors (Lipinski definition) is 3. The van der Waals surface area contributed by atoms with Crippen molar-refractivity contribution in [3.8, 4) is 11.1 Å². The van der Waals surface area contributed by atoms with Crippen molar-refractivity contribution in [2.45, 2.75) is 25.5 Å². The third-order valence-corrected chi connectivity index (χ3v) is 5.20. The molecule has 3 aromatic rings. The van der Waals surface area contributed by atoms with E-state index in [-0.39, 0.29) is 35.3 Å². The molecule has 0 spiro atoms. The Morgan fingerprint density at radius 1 is 0.971 bits per heavy atom. The predicted molar refractivity (Wildman–Crippen MR) is 123 cm³/mol. The molecule has 8 heteroatoms. The highest BCUT2D eigenvalue weighted by Gasteiger charge is 2.29. The second-order valence-corrected chi connectivity index (χ2v) is 7.51. The maximum Gasteiger partial charge on any atom is 0.337 e. The van der Waals surface area contributed by atoms with Gasteiger partial charge in [-0.1, -0.05) is 48.5 Å². The summed E-state index contributed by atoms with van der Waals surface area (Å²) in [5.41, 5.74) is 0.751. The van der Waals surface area contributed by atoms with Crippen molar-refractivity contribution in [3.63, 3.8) is 0 Å². The summed E-state index contributed by atoms with van der Waals surface area (Å²) >= 11 is 0. The van der Waals surface area contributed by atoms with E-state index in [2.05, 4.69) is 5.32 Å². The van der Waals surface area contributed by atoms with Crippen molar-refractivity contribution in [1.29, 1.82) is 0 Å². The summed E-state index contributed by atoms with van der Waals surface area (Å²) in [4.78, 5) is 36.7. The van der Waals surface area contributed by atoms with E-state index in [1.807, 2.05) is 6.07 Å². The van der Waals surface area contributed by atoms with Gasteiger partial charge in [-0.25, -0.2) is 14.0 Å². The van der Waals surface area contributed by atoms with Gasteiger partial charge < -0.3 is 20.3 Å². The molecule has 176 valence electrons. The predicted octanol–water partition coefficient (Wildman–Crippen LogP) is 3.46. The van der Waals surface area contributed by atoms with Gasteiger partial charge in [-0.3, -0.25) is 4.79 Å². The lowest BCUT2D eigenvalue weighted by atomic mass is 9.96. The molecule has 0 saturated heterocycles. The molecule has 3 rings (SSSR count). The van der Waals surface area contributed by atoms with Crippen molar-refractivity contribution in [2.75, 3.05) is 6.61 Å². The molecule has 2 atom stereocenters. The number of esters is 1. The molecular formula is C26H24FNO6. The SMILES string of the molecule is CCOC(=O)C(O)C(Cc1ccccc1)NC(=O)c1ccc(F)c(-c2ccccc2C(=O)O)c1. The molecule has 0 aromatic heterocycles. The van der Waals surface area contributed by atoms with Crippen LogP contribution in [0.15, 0.2) is 72.8 Å². The van der Waals surface area contributed by atoms with Crippen LogP contribution in [-0.4, -0.2) is 46.8 Å². The normalized spacial score (nSPS) is 12.4. The van der Waals surface area contributed by atoms with Gasteiger partial charge in [0.1, 0.15) is 5.82 Å². The molecule has 0 bridgehead atoms. The largest absolute Gasteiger partial charge is 0.478 e. The zero-order valence-corrected chi connectivity index (χ0v) is 18.4. The lowest BCUT2D eigenvalue weighted by Gasteiger charge is -2.23. The summed E-state index contributed by atoms with van der Waals surface area (Å²) in [6.07, 6.45) is -1.49. The number of aromatic carboxylic acids is 1. The summed E-state index contributed by atoms with van der Waals surface area (Å²) in [6, 6.07) is 17.4. The smallest absolute Gasteiger partial charge is 0.337 e. The zero-order chi connectivity index (χ0) is 24.7. The number of ether oxygens (including phenoxy) is 1. The van der Waals surface area contributed by atoms with Gasteiger partial charge in [0.15, 0.2) is 6.10 Å². The molecule has 3 aromatic carbocycles. The third kappa shape index (κ3) is 5.85. The molecule has 7 nitrogen and oxygen atoms in total. The van der Waals surface area contributed by atoms with Gasteiger partial charge in [0.25, 0.3) is 5.91 Å². The number of carbonyl (C=O) groups excluding carboxylic acids is 2. The minimum absolute atomic E-state index is 0.0331. The highest BCUT2D eigenvalue weighted by atomic mass is 19.1. The van der Waals surface area contributed by atoms with E-state index in [0.717, 1.165) is 11.6 Å². The molecule has 0 aliphatic heterocycles. The molecule has 34 heavy (non-hydrogen) atoms. The van der Waals surface area contributed by atoms with E-state index in [1.54, 1.807) is 37.3 Å². The summed E-state index contributed by atoms with van der Waals surface area (Å²) in [6.45, 7) is 1.66. The van der Waals surface area contributed by atoms with E-state index in [4.69, 9.17) is 4.74 Å². The maximum atomic E-state index is 14.6. The van der Waals surface area contributed by atoms with Crippen LogP contribution in [0.1, 0.15) is 33.2 Å². The van der Waals surface area contributed by atoms with Gasteiger partial charge in [0.2, 0.25) is 0 Å². The van der Waals surface area contributed by atoms with Crippen LogP contribution in [0.2, 0.25) is 0 Å². The average Bonchev–Trinajstić information content (AvgIpc) is 2.84. The molecular weight excluding hydrogens is 441 g/mol. The first-order valence-electron chi connectivity index (χ1n) is 10.6. The lowest BCUT2D eigenvalue weighted by Crippen LogP contribution is -2.48. The number of carboxylic acids is 1. The van der Waals surface area contributed by atoms with Crippen LogP contribution in [0.25, 0.3) is 11.1 Å². The number of aliphatic hydroxyl groups excluding tert-OH is 1. The van der Waals surface area contributed by atoms with E-state index >= 15 is 0 Å². The minimum Gasteiger partial charge on any atom is -0.478 e. The fourth-order valence-corrected chi connectivity index (χ4v) is 3.53. The van der Waals surface area contributed by atoms with Crippen LogP contribution in [0, 0.1) is 5.82 Å². The first-order valence-corrected chi connectivity index (χ1v) is 10.6. The van der Waals surface area contributed by atoms with Gasteiger partial charge >= 0.3 is 11.9 Å². The Labute approximate surface area is 195 Å². The van der Waals surface area contributed by atoms with Gasteiger partial charge in [-0.2, -0.15) is 0 Å². The van der Waals surface area contributed by atoms with Crippen LogP contribution >= 0.6 is 0 Å². The van der Waals surface area contributed by atoms with Crippen molar-refractivity contribution < 1.29 is 33.7 Å². The monoisotopic (exact) mass is 465 g/mol. The Balaban J connectivity index is 1.92. The summed E-state index contributed by atoms with van der Waals surface area (Å²) in [5, 5.41) is 22.6. The average molecular weight is 465 g/mol. The molecule has 2 unspecified atom stereocenters. The van der Waals surface area contributed by atoms with Crippen LogP contribution < -0.4 is 5.32 Å². The quantitative estimate of drug-likeness (QED) is 0.417. The first kappa shape index (κ1) is 24.6. The van der Waals surface area contributed by atoms with Gasteiger partial charge in [0.05, 0.1) is 18.2 Å². The standard InChI is InChI=1S/C26H24FNO6/c1-2-34-26(33)23(29)22(14-16-8-4-3-5-9-16)28-24(30)17-12-13-21(27)20(15-17)18-10-6-7-11-19(18)25(31)32/h3-13,15,22-23,29H,2,14H2,1H3,(H,28,30)(H,31,32). The molecule has 0 aliphatic rings. The summed E-state index contributed by atoms with van der Waals surface area (Å²) < 4.78 is 19.5. The van der Waals surface area contributed by atoms with Crippen molar-refractivity contribution in [3.05, 3.63) is 95.3 Å². The number of benzene rings is 3.